The summed E-state index contributed by atoms with van der Waals surface area (Å²) in [7, 11) is -3.96. The van der Waals surface area contributed by atoms with Gasteiger partial charge in [0.15, 0.2) is 0 Å². The molecule has 174 valence electrons. The summed E-state index contributed by atoms with van der Waals surface area (Å²) in [5.41, 5.74) is 2.24. The van der Waals surface area contributed by atoms with E-state index in [-0.39, 0.29) is 17.5 Å². The zero-order valence-corrected chi connectivity index (χ0v) is 21.2. The molecule has 0 aliphatic rings. The molecule has 0 bridgehead atoms. The van der Waals surface area contributed by atoms with E-state index in [1.54, 1.807) is 48.5 Å². The van der Waals surface area contributed by atoms with E-state index in [0.29, 0.717) is 16.8 Å². The van der Waals surface area contributed by atoms with Crippen LogP contribution in [0.4, 0.5) is 5.69 Å². The molecule has 3 aromatic rings. The third-order valence-corrected chi connectivity index (χ3v) is 7.34. The maximum atomic E-state index is 13.5. The van der Waals surface area contributed by atoms with Gasteiger partial charge in [0, 0.05) is 4.47 Å². The number of amides is 1. The van der Waals surface area contributed by atoms with Gasteiger partial charge in [-0.05, 0) is 68.8 Å². The molecule has 0 aliphatic heterocycles. The highest BCUT2D eigenvalue weighted by Crippen LogP contribution is 2.27. The van der Waals surface area contributed by atoms with Gasteiger partial charge in [-0.2, -0.15) is 0 Å². The summed E-state index contributed by atoms with van der Waals surface area (Å²) in [5.74, 6) is 0.344. The lowest BCUT2D eigenvalue weighted by atomic mass is 10.1. The summed E-state index contributed by atoms with van der Waals surface area (Å²) in [6.07, 6.45) is 0. The van der Waals surface area contributed by atoms with Gasteiger partial charge in [0.25, 0.3) is 10.0 Å². The Balaban J connectivity index is 1.84. The summed E-state index contributed by atoms with van der Waals surface area (Å²) < 4.78 is 34.2. The number of halogens is 1. The third kappa shape index (κ3) is 6.36. The van der Waals surface area contributed by atoms with Crippen molar-refractivity contribution in [1.29, 1.82) is 0 Å². The van der Waals surface area contributed by atoms with Crippen LogP contribution in [0.25, 0.3) is 0 Å². The first kappa shape index (κ1) is 24.8. The van der Waals surface area contributed by atoms with Crippen LogP contribution in [0.2, 0.25) is 0 Å². The molecule has 0 heterocycles. The number of hydrogen-bond acceptors (Lipinski definition) is 4. The number of hydrogen-bond donors (Lipinski definition) is 1. The van der Waals surface area contributed by atoms with Crippen molar-refractivity contribution in [2.24, 2.45) is 0 Å². The first-order valence-corrected chi connectivity index (χ1v) is 12.8. The van der Waals surface area contributed by atoms with Crippen LogP contribution in [-0.2, 0) is 14.8 Å². The van der Waals surface area contributed by atoms with Gasteiger partial charge >= 0.3 is 0 Å². The average molecular weight is 531 g/mol. The predicted octanol–water partition coefficient (Wildman–Crippen LogP) is 5.23. The largest absolute Gasteiger partial charge is 0.494 e. The third-order valence-electron chi connectivity index (χ3n) is 5.06. The SMILES string of the molecule is CCOc1ccc([C@H](C)NC(=O)CN(c2cccc(Br)c2)S(=O)(=O)c2ccc(C)cc2)cc1. The van der Waals surface area contributed by atoms with Crippen LogP contribution < -0.4 is 14.4 Å². The van der Waals surface area contributed by atoms with E-state index >= 15 is 0 Å². The van der Waals surface area contributed by atoms with Crippen LogP contribution >= 0.6 is 15.9 Å². The molecule has 3 rings (SSSR count). The second-order valence-electron chi connectivity index (χ2n) is 7.60. The van der Waals surface area contributed by atoms with Crippen LogP contribution in [0.15, 0.2) is 82.2 Å². The Kier molecular flexibility index (Phi) is 8.15. The number of anilines is 1. The summed E-state index contributed by atoms with van der Waals surface area (Å²) in [5, 5.41) is 2.90. The molecule has 33 heavy (non-hydrogen) atoms. The molecular weight excluding hydrogens is 504 g/mol. The average Bonchev–Trinajstić information content (AvgIpc) is 2.78. The Morgan fingerprint density at radius 2 is 1.73 bits per heavy atom. The molecule has 3 aromatic carbocycles. The topological polar surface area (TPSA) is 75.7 Å². The second kappa shape index (κ2) is 10.9. The number of ether oxygens (including phenoxy) is 1. The zero-order valence-electron chi connectivity index (χ0n) is 18.8. The van der Waals surface area contributed by atoms with Crippen LogP contribution in [0.1, 0.15) is 31.0 Å². The smallest absolute Gasteiger partial charge is 0.264 e. The van der Waals surface area contributed by atoms with Crippen molar-refractivity contribution in [2.75, 3.05) is 17.5 Å². The van der Waals surface area contributed by atoms with Crippen molar-refractivity contribution < 1.29 is 17.9 Å². The molecule has 1 atom stereocenters. The standard InChI is InChI=1S/C25H27BrN2O4S/c1-4-32-23-12-10-20(11-13-23)19(3)27-25(29)17-28(22-7-5-6-21(26)16-22)33(30,31)24-14-8-18(2)9-15-24/h5-16,19H,4,17H2,1-3H3,(H,27,29)/t19-/m0/s1. The van der Waals surface area contributed by atoms with Crippen molar-refractivity contribution >= 4 is 37.5 Å². The van der Waals surface area contributed by atoms with Crippen LogP contribution in [0, 0.1) is 6.92 Å². The van der Waals surface area contributed by atoms with Gasteiger partial charge in [0.05, 0.1) is 23.2 Å². The maximum absolute atomic E-state index is 13.5. The normalized spacial score (nSPS) is 12.1. The number of sulfonamides is 1. The van der Waals surface area contributed by atoms with E-state index in [0.717, 1.165) is 21.2 Å². The molecular formula is C25H27BrN2O4S. The number of aryl methyl sites for hydroxylation is 1. The summed E-state index contributed by atoms with van der Waals surface area (Å²) >= 11 is 3.38. The minimum atomic E-state index is -3.96. The minimum Gasteiger partial charge on any atom is -0.494 e. The first-order valence-electron chi connectivity index (χ1n) is 10.6. The predicted molar refractivity (Wildman–Crippen MR) is 134 cm³/mol. The van der Waals surface area contributed by atoms with E-state index in [4.69, 9.17) is 4.74 Å². The van der Waals surface area contributed by atoms with Crippen molar-refractivity contribution in [2.45, 2.75) is 31.7 Å². The number of carbonyl (C=O) groups is 1. The van der Waals surface area contributed by atoms with Gasteiger partial charge in [0.2, 0.25) is 5.91 Å². The van der Waals surface area contributed by atoms with Gasteiger partial charge in [0.1, 0.15) is 12.3 Å². The molecule has 1 amide bonds. The monoisotopic (exact) mass is 530 g/mol. The van der Waals surface area contributed by atoms with Gasteiger partial charge < -0.3 is 10.1 Å². The summed E-state index contributed by atoms with van der Waals surface area (Å²) in [6, 6.07) is 20.6. The van der Waals surface area contributed by atoms with Gasteiger partial charge in [-0.25, -0.2) is 8.42 Å². The van der Waals surface area contributed by atoms with Crippen molar-refractivity contribution in [3.05, 3.63) is 88.4 Å². The minimum absolute atomic E-state index is 0.125. The molecule has 0 saturated heterocycles. The van der Waals surface area contributed by atoms with Crippen molar-refractivity contribution in [1.82, 2.24) is 5.32 Å². The molecule has 0 aliphatic carbocycles. The van der Waals surface area contributed by atoms with Crippen LogP contribution in [0.5, 0.6) is 5.75 Å². The lowest BCUT2D eigenvalue weighted by molar-refractivity contribution is -0.120. The van der Waals surface area contributed by atoms with Crippen molar-refractivity contribution in [3.63, 3.8) is 0 Å². The van der Waals surface area contributed by atoms with Gasteiger partial charge in [-0.1, -0.05) is 51.8 Å². The number of rotatable bonds is 9. The molecule has 0 fully saturated rings. The lowest BCUT2D eigenvalue weighted by Gasteiger charge is -2.25. The first-order chi connectivity index (χ1) is 15.7. The molecule has 0 aromatic heterocycles. The highest BCUT2D eigenvalue weighted by molar-refractivity contribution is 9.10. The molecule has 0 radical (unpaired) electrons. The van der Waals surface area contributed by atoms with Gasteiger partial charge in [-0.15, -0.1) is 0 Å². The Hall–Kier alpha value is -2.84. The molecule has 8 heteroatoms. The van der Waals surface area contributed by atoms with E-state index in [2.05, 4.69) is 21.2 Å². The molecule has 1 N–H and O–H groups in total. The zero-order chi connectivity index (χ0) is 24.0. The lowest BCUT2D eigenvalue weighted by Crippen LogP contribution is -2.41. The second-order valence-corrected chi connectivity index (χ2v) is 10.4. The molecule has 6 nitrogen and oxygen atoms in total. The quantitative estimate of drug-likeness (QED) is 0.411. The Bertz CT molecular complexity index is 1200. The Morgan fingerprint density at radius 3 is 2.33 bits per heavy atom. The fraction of sp³-hybridized carbons (Fsp3) is 0.240. The van der Waals surface area contributed by atoms with E-state index in [1.807, 2.05) is 45.0 Å². The summed E-state index contributed by atoms with van der Waals surface area (Å²) in [4.78, 5) is 13.1. The number of carbonyl (C=O) groups excluding carboxylic acids is 1. The fourth-order valence-corrected chi connectivity index (χ4v) is 5.10. The van der Waals surface area contributed by atoms with E-state index in [1.165, 1.54) is 0 Å². The molecule has 0 saturated carbocycles. The highest BCUT2D eigenvalue weighted by Gasteiger charge is 2.28. The number of nitrogens with zero attached hydrogens (tertiary/aromatic N) is 1. The molecule has 0 spiro atoms. The fourth-order valence-electron chi connectivity index (χ4n) is 3.30. The van der Waals surface area contributed by atoms with E-state index < -0.39 is 15.9 Å². The summed E-state index contributed by atoms with van der Waals surface area (Å²) in [6.45, 7) is 5.88. The Morgan fingerprint density at radius 1 is 1.06 bits per heavy atom. The Labute approximate surface area is 203 Å². The number of nitrogens with one attached hydrogen (secondary N) is 1. The molecule has 0 unspecified atom stereocenters. The number of benzene rings is 3. The van der Waals surface area contributed by atoms with Gasteiger partial charge in [-0.3, -0.25) is 9.10 Å². The van der Waals surface area contributed by atoms with Crippen LogP contribution in [0.3, 0.4) is 0 Å². The maximum Gasteiger partial charge on any atom is 0.264 e. The van der Waals surface area contributed by atoms with Crippen LogP contribution in [-0.4, -0.2) is 27.5 Å². The highest BCUT2D eigenvalue weighted by atomic mass is 79.9. The van der Waals surface area contributed by atoms with E-state index in [9.17, 15) is 13.2 Å². The van der Waals surface area contributed by atoms with Crippen molar-refractivity contribution in [3.8, 4) is 5.75 Å².